The minimum atomic E-state index is -0.135. The van der Waals surface area contributed by atoms with E-state index in [1.165, 1.54) is 10.5 Å². The van der Waals surface area contributed by atoms with Gasteiger partial charge in [0.1, 0.15) is 5.65 Å². The first-order valence-corrected chi connectivity index (χ1v) is 7.92. The molecule has 2 heterocycles. The Bertz CT molecular complexity index is 864. The highest BCUT2D eigenvalue weighted by atomic mass is 35.5. The van der Waals surface area contributed by atoms with Crippen LogP contribution in [0.3, 0.4) is 0 Å². The molecule has 1 aromatic carbocycles. The van der Waals surface area contributed by atoms with Gasteiger partial charge in [0, 0.05) is 27.9 Å². The Morgan fingerprint density at radius 3 is 2.76 bits per heavy atom. The van der Waals surface area contributed by atoms with Crippen molar-refractivity contribution in [3.8, 4) is 0 Å². The second-order valence-electron chi connectivity index (χ2n) is 4.41. The zero-order valence-corrected chi connectivity index (χ0v) is 13.1. The molecule has 3 aromatic rings. The largest absolute Gasteiger partial charge is 0.269 e. The van der Waals surface area contributed by atoms with Gasteiger partial charge in [0.05, 0.1) is 10.7 Å². The SMILES string of the molecule is O=c1cc(CSc2cccc(Cl)c2)nc2ccc(Cl)cn12. The van der Waals surface area contributed by atoms with Gasteiger partial charge in [-0.25, -0.2) is 4.98 Å². The molecule has 0 aliphatic heterocycles. The van der Waals surface area contributed by atoms with E-state index in [-0.39, 0.29) is 5.56 Å². The van der Waals surface area contributed by atoms with Crippen LogP contribution in [-0.2, 0) is 5.75 Å². The van der Waals surface area contributed by atoms with Crippen molar-refractivity contribution >= 4 is 40.6 Å². The van der Waals surface area contributed by atoms with Crippen LogP contribution in [0.1, 0.15) is 5.69 Å². The Morgan fingerprint density at radius 2 is 1.95 bits per heavy atom. The van der Waals surface area contributed by atoms with E-state index in [2.05, 4.69) is 4.98 Å². The number of fused-ring (bicyclic) bond motifs is 1. The number of nitrogens with zero attached hydrogens (tertiary/aromatic N) is 2. The Labute approximate surface area is 135 Å². The van der Waals surface area contributed by atoms with Crippen molar-refractivity contribution in [1.29, 1.82) is 0 Å². The highest BCUT2D eigenvalue weighted by Gasteiger charge is 2.04. The van der Waals surface area contributed by atoms with Gasteiger partial charge in [0.2, 0.25) is 0 Å². The normalized spacial score (nSPS) is 11.0. The number of thioether (sulfide) groups is 1. The number of aromatic nitrogens is 2. The van der Waals surface area contributed by atoms with E-state index in [1.807, 2.05) is 24.3 Å². The first-order valence-electron chi connectivity index (χ1n) is 6.18. The van der Waals surface area contributed by atoms with E-state index in [0.29, 0.717) is 21.4 Å². The molecule has 0 saturated heterocycles. The number of rotatable bonds is 3. The Hall–Kier alpha value is -1.49. The van der Waals surface area contributed by atoms with E-state index in [4.69, 9.17) is 23.2 Å². The van der Waals surface area contributed by atoms with Crippen LogP contribution in [0, 0.1) is 0 Å². The van der Waals surface area contributed by atoms with Crippen molar-refractivity contribution in [2.24, 2.45) is 0 Å². The Balaban J connectivity index is 1.88. The summed E-state index contributed by atoms with van der Waals surface area (Å²) < 4.78 is 1.44. The number of hydrogen-bond acceptors (Lipinski definition) is 3. The van der Waals surface area contributed by atoms with Gasteiger partial charge in [-0.2, -0.15) is 0 Å². The average Bonchev–Trinajstić information content (AvgIpc) is 2.46. The van der Waals surface area contributed by atoms with Crippen LogP contribution in [0.4, 0.5) is 0 Å². The molecule has 106 valence electrons. The average molecular weight is 337 g/mol. The van der Waals surface area contributed by atoms with Gasteiger partial charge in [-0.05, 0) is 30.3 Å². The number of benzene rings is 1. The fourth-order valence-corrected chi connectivity index (χ4v) is 3.18. The van der Waals surface area contributed by atoms with Gasteiger partial charge >= 0.3 is 0 Å². The topological polar surface area (TPSA) is 34.4 Å². The van der Waals surface area contributed by atoms with Crippen molar-refractivity contribution in [2.45, 2.75) is 10.6 Å². The van der Waals surface area contributed by atoms with Crippen LogP contribution in [0.5, 0.6) is 0 Å². The van der Waals surface area contributed by atoms with Gasteiger partial charge in [0.15, 0.2) is 0 Å². The third-order valence-electron chi connectivity index (χ3n) is 2.86. The minimum absolute atomic E-state index is 0.135. The summed E-state index contributed by atoms with van der Waals surface area (Å²) in [5.74, 6) is 0.606. The van der Waals surface area contributed by atoms with Crippen LogP contribution < -0.4 is 5.56 Å². The van der Waals surface area contributed by atoms with Gasteiger partial charge in [-0.1, -0.05) is 29.3 Å². The third kappa shape index (κ3) is 3.40. The maximum absolute atomic E-state index is 12.1. The monoisotopic (exact) mass is 336 g/mol. The lowest BCUT2D eigenvalue weighted by Crippen LogP contribution is -2.14. The van der Waals surface area contributed by atoms with Crippen molar-refractivity contribution in [1.82, 2.24) is 9.38 Å². The van der Waals surface area contributed by atoms with Gasteiger partial charge in [-0.3, -0.25) is 9.20 Å². The summed E-state index contributed by atoms with van der Waals surface area (Å²) in [5.41, 5.74) is 1.19. The molecule has 0 unspecified atom stereocenters. The summed E-state index contributed by atoms with van der Waals surface area (Å²) in [6, 6.07) is 12.6. The molecule has 0 atom stereocenters. The molecule has 6 heteroatoms. The third-order valence-corrected chi connectivity index (χ3v) is 4.35. The predicted octanol–water partition coefficient (Wildman–Crippen LogP) is 4.29. The van der Waals surface area contributed by atoms with Gasteiger partial charge < -0.3 is 0 Å². The van der Waals surface area contributed by atoms with Crippen molar-refractivity contribution in [2.75, 3.05) is 0 Å². The standard InChI is InChI=1S/C15H10Cl2N2OS/c16-10-2-1-3-13(6-10)21-9-12-7-15(20)19-8-11(17)4-5-14(19)18-12/h1-8H,9H2. The maximum atomic E-state index is 12.1. The quantitative estimate of drug-likeness (QED) is 0.669. The lowest BCUT2D eigenvalue weighted by atomic mass is 10.4. The first-order chi connectivity index (χ1) is 10.1. The van der Waals surface area contributed by atoms with E-state index in [9.17, 15) is 4.79 Å². The molecular weight excluding hydrogens is 327 g/mol. The lowest BCUT2D eigenvalue weighted by Gasteiger charge is -2.05. The molecule has 0 fully saturated rings. The highest BCUT2D eigenvalue weighted by molar-refractivity contribution is 7.98. The van der Waals surface area contributed by atoms with Crippen LogP contribution in [-0.4, -0.2) is 9.38 Å². The molecular formula is C15H10Cl2N2OS. The minimum Gasteiger partial charge on any atom is -0.269 e. The zero-order valence-electron chi connectivity index (χ0n) is 10.8. The van der Waals surface area contributed by atoms with Crippen molar-refractivity contribution in [3.63, 3.8) is 0 Å². The Kier molecular flexibility index (Phi) is 4.19. The molecule has 0 spiro atoms. The first kappa shape index (κ1) is 14.4. The number of pyridine rings is 1. The van der Waals surface area contributed by atoms with Crippen molar-refractivity contribution < 1.29 is 0 Å². The van der Waals surface area contributed by atoms with Crippen molar-refractivity contribution in [3.05, 3.63) is 74.8 Å². The summed E-state index contributed by atoms with van der Waals surface area (Å²) in [6.07, 6.45) is 1.57. The summed E-state index contributed by atoms with van der Waals surface area (Å²) in [5, 5.41) is 1.20. The summed E-state index contributed by atoms with van der Waals surface area (Å²) in [4.78, 5) is 17.6. The molecule has 2 aromatic heterocycles. The second kappa shape index (κ2) is 6.10. The molecule has 21 heavy (non-hydrogen) atoms. The zero-order chi connectivity index (χ0) is 14.8. The van der Waals surface area contributed by atoms with E-state index in [0.717, 1.165) is 10.6 Å². The van der Waals surface area contributed by atoms with Crippen LogP contribution >= 0.6 is 35.0 Å². The molecule has 0 bridgehead atoms. The lowest BCUT2D eigenvalue weighted by molar-refractivity contribution is 1.01. The fourth-order valence-electron chi connectivity index (χ4n) is 1.91. The number of halogens is 2. The molecule has 0 radical (unpaired) electrons. The second-order valence-corrected chi connectivity index (χ2v) is 6.33. The molecule has 3 rings (SSSR count). The van der Waals surface area contributed by atoms with Crippen LogP contribution in [0.2, 0.25) is 10.0 Å². The van der Waals surface area contributed by atoms with Gasteiger partial charge in [-0.15, -0.1) is 11.8 Å². The smallest absolute Gasteiger partial charge is 0.258 e. The fraction of sp³-hybridized carbons (Fsp3) is 0.0667. The molecule has 0 aliphatic rings. The summed E-state index contributed by atoms with van der Waals surface area (Å²) >= 11 is 13.4. The van der Waals surface area contributed by atoms with E-state index in [1.54, 1.807) is 30.1 Å². The Morgan fingerprint density at radius 1 is 1.10 bits per heavy atom. The molecule has 0 saturated carbocycles. The van der Waals surface area contributed by atoms with E-state index < -0.39 is 0 Å². The van der Waals surface area contributed by atoms with Gasteiger partial charge in [0.25, 0.3) is 5.56 Å². The van der Waals surface area contributed by atoms with E-state index >= 15 is 0 Å². The summed E-state index contributed by atoms with van der Waals surface area (Å²) in [7, 11) is 0. The van der Waals surface area contributed by atoms with Crippen LogP contribution in [0.15, 0.2) is 58.4 Å². The predicted molar refractivity (Wildman–Crippen MR) is 87.5 cm³/mol. The molecule has 0 N–H and O–H groups in total. The van der Waals surface area contributed by atoms with Crippen LogP contribution in [0.25, 0.3) is 5.65 Å². The summed E-state index contributed by atoms with van der Waals surface area (Å²) in [6.45, 7) is 0. The maximum Gasteiger partial charge on any atom is 0.258 e. The molecule has 0 amide bonds. The number of hydrogen-bond donors (Lipinski definition) is 0. The molecule has 3 nitrogen and oxygen atoms in total. The highest BCUT2D eigenvalue weighted by Crippen LogP contribution is 2.24. The molecule has 0 aliphatic carbocycles.